The smallest absolute Gasteiger partial charge is 0.254 e. The van der Waals surface area contributed by atoms with Gasteiger partial charge in [0.05, 0.1) is 0 Å². The summed E-state index contributed by atoms with van der Waals surface area (Å²) in [6.07, 6.45) is 4.13. The van der Waals surface area contributed by atoms with Crippen molar-refractivity contribution >= 4 is 17.7 Å². The average molecular weight is 278 g/mol. The predicted molar refractivity (Wildman–Crippen MR) is 80.9 cm³/mol. The molecular formula is C15H22N2OS. The number of nitrogens with one attached hydrogen (secondary N) is 1. The molecule has 104 valence electrons. The van der Waals surface area contributed by atoms with E-state index < -0.39 is 0 Å². The first kappa shape index (κ1) is 14.4. The number of amides is 1. The van der Waals surface area contributed by atoms with E-state index >= 15 is 0 Å². The van der Waals surface area contributed by atoms with Crippen LogP contribution in [0.5, 0.6) is 0 Å². The molecule has 0 bridgehead atoms. The minimum absolute atomic E-state index is 0.153. The molecule has 1 fully saturated rings. The molecule has 0 unspecified atom stereocenters. The number of piperidine rings is 1. The van der Waals surface area contributed by atoms with E-state index in [0.717, 1.165) is 42.0 Å². The fourth-order valence-corrected chi connectivity index (χ4v) is 2.95. The summed E-state index contributed by atoms with van der Waals surface area (Å²) in [6, 6.07) is 6.49. The van der Waals surface area contributed by atoms with Crippen molar-refractivity contribution in [2.24, 2.45) is 0 Å². The average Bonchev–Trinajstić information content (AvgIpc) is 2.47. The first-order valence-electron chi connectivity index (χ1n) is 6.76. The zero-order chi connectivity index (χ0) is 13.8. The van der Waals surface area contributed by atoms with E-state index in [9.17, 15) is 4.79 Å². The van der Waals surface area contributed by atoms with Crippen molar-refractivity contribution in [3.8, 4) is 0 Å². The fraction of sp³-hybridized carbons (Fsp3) is 0.533. The molecule has 1 N–H and O–H groups in total. The van der Waals surface area contributed by atoms with Gasteiger partial charge >= 0.3 is 0 Å². The normalized spacial score (nSPS) is 16.4. The fourth-order valence-electron chi connectivity index (χ4n) is 2.51. The topological polar surface area (TPSA) is 32.3 Å². The molecule has 1 aromatic rings. The Morgan fingerprint density at radius 2 is 2.05 bits per heavy atom. The molecule has 0 atom stereocenters. The Kier molecular flexibility index (Phi) is 4.88. The van der Waals surface area contributed by atoms with Crippen molar-refractivity contribution in [3.63, 3.8) is 0 Å². The number of carbonyl (C=O) groups is 1. The van der Waals surface area contributed by atoms with Crippen LogP contribution in [0.15, 0.2) is 23.1 Å². The highest BCUT2D eigenvalue weighted by molar-refractivity contribution is 7.98. The van der Waals surface area contributed by atoms with E-state index in [4.69, 9.17) is 0 Å². The van der Waals surface area contributed by atoms with Crippen LogP contribution in [-0.4, -0.2) is 43.2 Å². The summed E-state index contributed by atoms with van der Waals surface area (Å²) in [6.45, 7) is 4.02. The maximum Gasteiger partial charge on any atom is 0.254 e. The van der Waals surface area contributed by atoms with Gasteiger partial charge in [0.25, 0.3) is 5.91 Å². The van der Waals surface area contributed by atoms with Crippen molar-refractivity contribution in [3.05, 3.63) is 29.3 Å². The van der Waals surface area contributed by atoms with E-state index in [1.165, 1.54) is 0 Å². The number of hydrogen-bond donors (Lipinski definition) is 1. The first-order valence-corrected chi connectivity index (χ1v) is 7.98. The Morgan fingerprint density at radius 1 is 1.37 bits per heavy atom. The quantitative estimate of drug-likeness (QED) is 0.862. The van der Waals surface area contributed by atoms with Gasteiger partial charge in [-0.25, -0.2) is 0 Å². The first-order chi connectivity index (χ1) is 9.13. The maximum absolute atomic E-state index is 12.6. The lowest BCUT2D eigenvalue weighted by Gasteiger charge is -2.32. The standard InChI is InChI=1S/C15H22N2OS/c1-11-4-5-13(19-3)10-14(11)15(18)17(2)12-6-8-16-9-7-12/h4-5,10,12,16H,6-9H2,1-3H3. The molecular weight excluding hydrogens is 256 g/mol. The Balaban J connectivity index is 2.18. The molecule has 3 nitrogen and oxygen atoms in total. The molecule has 1 heterocycles. The highest BCUT2D eigenvalue weighted by Gasteiger charge is 2.23. The van der Waals surface area contributed by atoms with Crippen LogP contribution >= 0.6 is 11.8 Å². The van der Waals surface area contributed by atoms with Crippen LogP contribution in [0.25, 0.3) is 0 Å². The van der Waals surface area contributed by atoms with Gasteiger partial charge in [0.1, 0.15) is 0 Å². The second-order valence-corrected chi connectivity index (χ2v) is 5.96. The Labute approximate surface area is 119 Å². The zero-order valence-corrected chi connectivity index (χ0v) is 12.7. The van der Waals surface area contributed by atoms with Crippen LogP contribution in [0.1, 0.15) is 28.8 Å². The van der Waals surface area contributed by atoms with E-state index in [1.807, 2.05) is 37.3 Å². The van der Waals surface area contributed by atoms with E-state index in [0.29, 0.717) is 6.04 Å². The lowest BCUT2D eigenvalue weighted by molar-refractivity contribution is 0.0702. The Hall–Kier alpha value is -1.00. The molecule has 0 aliphatic carbocycles. The number of hydrogen-bond acceptors (Lipinski definition) is 3. The third-order valence-corrected chi connectivity index (χ3v) is 4.58. The van der Waals surface area contributed by atoms with Gasteiger partial charge in [-0.3, -0.25) is 4.79 Å². The number of rotatable bonds is 3. The van der Waals surface area contributed by atoms with Gasteiger partial charge in [0.15, 0.2) is 0 Å². The van der Waals surface area contributed by atoms with Crippen molar-refractivity contribution in [1.29, 1.82) is 0 Å². The van der Waals surface area contributed by atoms with Crippen LogP contribution in [-0.2, 0) is 0 Å². The van der Waals surface area contributed by atoms with Gasteiger partial charge in [0, 0.05) is 23.5 Å². The highest BCUT2D eigenvalue weighted by atomic mass is 32.2. The second kappa shape index (κ2) is 6.44. The number of thioether (sulfide) groups is 1. The summed E-state index contributed by atoms with van der Waals surface area (Å²) in [5.41, 5.74) is 1.90. The minimum atomic E-state index is 0.153. The molecule has 1 aliphatic heterocycles. The molecule has 0 spiro atoms. The minimum Gasteiger partial charge on any atom is -0.339 e. The van der Waals surface area contributed by atoms with Crippen LogP contribution in [0, 0.1) is 6.92 Å². The van der Waals surface area contributed by atoms with Crippen LogP contribution < -0.4 is 5.32 Å². The largest absolute Gasteiger partial charge is 0.339 e. The van der Waals surface area contributed by atoms with Crippen LogP contribution in [0.3, 0.4) is 0 Å². The van der Waals surface area contributed by atoms with E-state index in [-0.39, 0.29) is 5.91 Å². The third kappa shape index (κ3) is 3.31. The van der Waals surface area contributed by atoms with Crippen molar-refractivity contribution in [2.75, 3.05) is 26.4 Å². The van der Waals surface area contributed by atoms with Gasteiger partial charge < -0.3 is 10.2 Å². The monoisotopic (exact) mass is 278 g/mol. The van der Waals surface area contributed by atoms with Gasteiger partial charge in [-0.2, -0.15) is 0 Å². The molecule has 0 radical (unpaired) electrons. The maximum atomic E-state index is 12.6. The van der Waals surface area contributed by atoms with Crippen molar-refractivity contribution in [1.82, 2.24) is 10.2 Å². The number of nitrogens with zero attached hydrogens (tertiary/aromatic N) is 1. The number of aryl methyl sites for hydroxylation is 1. The molecule has 1 amide bonds. The molecule has 0 saturated carbocycles. The molecule has 4 heteroatoms. The van der Waals surface area contributed by atoms with Crippen LogP contribution in [0.4, 0.5) is 0 Å². The summed E-state index contributed by atoms with van der Waals surface area (Å²) in [5, 5.41) is 3.34. The molecule has 1 aliphatic rings. The lowest BCUT2D eigenvalue weighted by Crippen LogP contribution is -2.44. The summed E-state index contributed by atoms with van der Waals surface area (Å²) >= 11 is 1.68. The summed E-state index contributed by atoms with van der Waals surface area (Å²) < 4.78 is 0. The molecule has 1 aromatic carbocycles. The number of benzene rings is 1. The lowest BCUT2D eigenvalue weighted by atomic mass is 10.0. The molecule has 19 heavy (non-hydrogen) atoms. The molecule has 0 aromatic heterocycles. The van der Waals surface area contributed by atoms with E-state index in [1.54, 1.807) is 11.8 Å². The SMILES string of the molecule is CSc1ccc(C)c(C(=O)N(C)C2CCNCC2)c1. The highest BCUT2D eigenvalue weighted by Crippen LogP contribution is 2.21. The number of carbonyl (C=O) groups excluding carboxylic acids is 1. The second-order valence-electron chi connectivity index (χ2n) is 5.08. The van der Waals surface area contributed by atoms with Gasteiger partial charge in [-0.15, -0.1) is 11.8 Å². The van der Waals surface area contributed by atoms with E-state index in [2.05, 4.69) is 11.4 Å². The molecule has 1 saturated heterocycles. The van der Waals surface area contributed by atoms with Crippen LogP contribution in [0.2, 0.25) is 0 Å². The Morgan fingerprint density at radius 3 is 2.68 bits per heavy atom. The van der Waals surface area contributed by atoms with Gasteiger partial charge in [-0.1, -0.05) is 6.07 Å². The third-order valence-electron chi connectivity index (χ3n) is 3.85. The van der Waals surface area contributed by atoms with Gasteiger partial charge in [-0.05, 0) is 56.8 Å². The van der Waals surface area contributed by atoms with Crippen molar-refractivity contribution < 1.29 is 4.79 Å². The van der Waals surface area contributed by atoms with Gasteiger partial charge in [0.2, 0.25) is 0 Å². The Bertz CT molecular complexity index is 455. The summed E-state index contributed by atoms with van der Waals surface area (Å²) in [4.78, 5) is 15.7. The zero-order valence-electron chi connectivity index (χ0n) is 11.9. The predicted octanol–water partition coefficient (Wildman–Crippen LogP) is 2.54. The summed E-state index contributed by atoms with van der Waals surface area (Å²) in [7, 11) is 1.93. The summed E-state index contributed by atoms with van der Waals surface area (Å²) in [5.74, 6) is 0.153. The van der Waals surface area contributed by atoms with Crippen molar-refractivity contribution in [2.45, 2.75) is 30.7 Å². The molecule has 2 rings (SSSR count).